The number of carbonyl (C=O) groups is 1. The van der Waals surface area contributed by atoms with Crippen molar-refractivity contribution in [3.05, 3.63) is 72.0 Å². The lowest BCUT2D eigenvalue weighted by Gasteiger charge is -2.06. The molecule has 0 radical (unpaired) electrons. The van der Waals surface area contributed by atoms with E-state index >= 15 is 0 Å². The van der Waals surface area contributed by atoms with Gasteiger partial charge in [0.15, 0.2) is 12.4 Å². The first-order valence-corrected chi connectivity index (χ1v) is 9.76. The molecule has 0 saturated carbocycles. The van der Waals surface area contributed by atoms with E-state index in [9.17, 15) is 13.2 Å². The number of nitrogens with zero attached hydrogens (tertiary/aromatic N) is 1. The molecule has 0 spiro atoms. The number of carbonyl (C=O) groups excluding carboxylic acids is 1. The van der Waals surface area contributed by atoms with Gasteiger partial charge in [-0.15, -0.1) is 0 Å². The Kier molecular flexibility index (Phi) is 5.68. The van der Waals surface area contributed by atoms with Gasteiger partial charge in [0.2, 0.25) is 10.0 Å². The number of ether oxygens (including phenoxy) is 1. The molecule has 7 nitrogen and oxygen atoms in total. The van der Waals surface area contributed by atoms with Gasteiger partial charge in [-0.1, -0.05) is 42.4 Å². The Balaban J connectivity index is 1.62. The van der Waals surface area contributed by atoms with Crippen molar-refractivity contribution in [1.82, 2.24) is 9.88 Å². The average Bonchev–Trinajstić information content (AvgIpc) is 3.16. The molecular formula is C19H18N2O5S. The van der Waals surface area contributed by atoms with Gasteiger partial charge in [0.25, 0.3) is 0 Å². The van der Waals surface area contributed by atoms with Gasteiger partial charge in [0, 0.05) is 18.2 Å². The van der Waals surface area contributed by atoms with E-state index in [1.807, 2.05) is 30.3 Å². The summed E-state index contributed by atoms with van der Waals surface area (Å²) in [6.07, 6.45) is 0. The highest BCUT2D eigenvalue weighted by Gasteiger charge is 2.15. The molecule has 0 fully saturated rings. The SMILES string of the molecule is CCNS(=O)(=O)c1ccc(C(=O)OCc2cc(-c3ccccc3)no2)cc1. The van der Waals surface area contributed by atoms with E-state index < -0.39 is 16.0 Å². The molecule has 140 valence electrons. The molecule has 0 bridgehead atoms. The molecule has 3 aromatic rings. The highest BCUT2D eigenvalue weighted by Crippen LogP contribution is 2.19. The van der Waals surface area contributed by atoms with Crippen LogP contribution in [-0.4, -0.2) is 26.1 Å². The van der Waals surface area contributed by atoms with Crippen molar-refractivity contribution in [3.63, 3.8) is 0 Å². The van der Waals surface area contributed by atoms with E-state index in [1.54, 1.807) is 13.0 Å². The summed E-state index contributed by atoms with van der Waals surface area (Å²) in [6, 6.07) is 16.7. The number of benzene rings is 2. The number of hydrogen-bond donors (Lipinski definition) is 1. The first-order chi connectivity index (χ1) is 13.0. The van der Waals surface area contributed by atoms with Crippen molar-refractivity contribution in [2.24, 2.45) is 0 Å². The summed E-state index contributed by atoms with van der Waals surface area (Å²) in [5.41, 5.74) is 1.80. The molecule has 0 amide bonds. The van der Waals surface area contributed by atoms with Gasteiger partial charge in [-0.3, -0.25) is 0 Å². The summed E-state index contributed by atoms with van der Waals surface area (Å²) < 4.78 is 36.6. The highest BCUT2D eigenvalue weighted by atomic mass is 32.2. The summed E-state index contributed by atoms with van der Waals surface area (Å²) in [5.74, 6) is -0.173. The zero-order valence-corrected chi connectivity index (χ0v) is 15.4. The van der Waals surface area contributed by atoms with Crippen molar-refractivity contribution < 1.29 is 22.5 Å². The van der Waals surface area contributed by atoms with Crippen LogP contribution in [0.3, 0.4) is 0 Å². The molecule has 0 atom stereocenters. The minimum Gasteiger partial charge on any atom is -0.454 e. The van der Waals surface area contributed by atoms with Crippen molar-refractivity contribution >= 4 is 16.0 Å². The van der Waals surface area contributed by atoms with Crippen molar-refractivity contribution in [2.75, 3.05) is 6.54 Å². The molecule has 27 heavy (non-hydrogen) atoms. The number of hydrogen-bond acceptors (Lipinski definition) is 6. The largest absolute Gasteiger partial charge is 0.454 e. The van der Waals surface area contributed by atoms with Gasteiger partial charge in [0.05, 0.1) is 10.5 Å². The fraction of sp³-hybridized carbons (Fsp3) is 0.158. The lowest BCUT2D eigenvalue weighted by atomic mass is 10.1. The van der Waals surface area contributed by atoms with Crippen LogP contribution in [0.2, 0.25) is 0 Å². The van der Waals surface area contributed by atoms with Crippen molar-refractivity contribution in [3.8, 4) is 11.3 Å². The smallest absolute Gasteiger partial charge is 0.338 e. The van der Waals surface area contributed by atoms with E-state index in [2.05, 4.69) is 9.88 Å². The second-order valence-electron chi connectivity index (χ2n) is 5.65. The first-order valence-electron chi connectivity index (χ1n) is 8.27. The minimum absolute atomic E-state index is 0.0733. The first kappa shape index (κ1) is 18.8. The summed E-state index contributed by atoms with van der Waals surface area (Å²) in [4.78, 5) is 12.2. The highest BCUT2D eigenvalue weighted by molar-refractivity contribution is 7.89. The molecule has 0 saturated heterocycles. The standard InChI is InChI=1S/C19H18N2O5S/c1-2-20-27(23,24)17-10-8-15(9-11-17)19(22)25-13-16-12-18(21-26-16)14-6-4-3-5-7-14/h3-12,20H,2,13H2,1H3. The van der Waals surface area contributed by atoms with E-state index in [0.717, 1.165) is 5.56 Å². The number of nitrogens with one attached hydrogen (secondary N) is 1. The molecule has 1 N–H and O–H groups in total. The zero-order valence-electron chi connectivity index (χ0n) is 14.6. The van der Waals surface area contributed by atoms with Crippen LogP contribution in [0.5, 0.6) is 0 Å². The van der Waals surface area contributed by atoms with E-state index in [-0.39, 0.29) is 23.6 Å². The van der Waals surface area contributed by atoms with Gasteiger partial charge in [-0.2, -0.15) is 0 Å². The van der Waals surface area contributed by atoms with Crippen molar-refractivity contribution in [2.45, 2.75) is 18.4 Å². The van der Waals surface area contributed by atoms with Crippen LogP contribution in [0.4, 0.5) is 0 Å². The molecule has 0 aliphatic rings. The Labute approximate surface area is 157 Å². The summed E-state index contributed by atoms with van der Waals surface area (Å²) >= 11 is 0. The summed E-state index contributed by atoms with van der Waals surface area (Å²) in [6.45, 7) is 1.90. The third-order valence-electron chi connectivity index (χ3n) is 3.71. The zero-order chi connectivity index (χ0) is 19.3. The van der Waals surface area contributed by atoms with Gasteiger partial charge in [-0.05, 0) is 24.3 Å². The predicted molar refractivity (Wildman–Crippen MR) is 98.4 cm³/mol. The third-order valence-corrected chi connectivity index (χ3v) is 5.27. The molecule has 0 aliphatic heterocycles. The minimum atomic E-state index is -3.56. The van der Waals surface area contributed by atoms with Crippen LogP contribution in [0.1, 0.15) is 23.0 Å². The van der Waals surface area contributed by atoms with E-state index in [1.165, 1.54) is 24.3 Å². The second-order valence-corrected chi connectivity index (χ2v) is 7.41. The lowest BCUT2D eigenvalue weighted by molar-refractivity contribution is 0.0437. The van der Waals surface area contributed by atoms with Gasteiger partial charge < -0.3 is 9.26 Å². The molecule has 3 rings (SSSR count). The van der Waals surface area contributed by atoms with Gasteiger partial charge in [0.1, 0.15) is 5.69 Å². The van der Waals surface area contributed by atoms with Crippen LogP contribution in [0.25, 0.3) is 11.3 Å². The Morgan fingerprint density at radius 2 is 1.81 bits per heavy atom. The Bertz CT molecular complexity index is 1010. The van der Waals surface area contributed by atoms with Gasteiger partial charge in [-0.25, -0.2) is 17.9 Å². The van der Waals surface area contributed by atoms with Crippen LogP contribution in [0.15, 0.2) is 70.1 Å². The molecule has 0 unspecified atom stereocenters. The van der Waals surface area contributed by atoms with Crippen LogP contribution in [-0.2, 0) is 21.4 Å². The third kappa shape index (κ3) is 4.60. The van der Waals surface area contributed by atoms with Crippen LogP contribution >= 0.6 is 0 Å². The predicted octanol–water partition coefficient (Wildman–Crippen LogP) is 3.00. The fourth-order valence-corrected chi connectivity index (χ4v) is 3.43. The Morgan fingerprint density at radius 1 is 1.11 bits per heavy atom. The molecule has 0 aliphatic carbocycles. The second kappa shape index (κ2) is 8.15. The lowest BCUT2D eigenvalue weighted by Crippen LogP contribution is -2.23. The van der Waals surface area contributed by atoms with Crippen LogP contribution in [0, 0.1) is 0 Å². The molecular weight excluding hydrogens is 368 g/mol. The van der Waals surface area contributed by atoms with Crippen molar-refractivity contribution in [1.29, 1.82) is 0 Å². The maximum Gasteiger partial charge on any atom is 0.338 e. The maximum atomic E-state index is 12.1. The Hall–Kier alpha value is -2.97. The van der Waals surface area contributed by atoms with Gasteiger partial charge >= 0.3 is 5.97 Å². The molecule has 1 heterocycles. The normalized spacial score (nSPS) is 11.3. The monoisotopic (exact) mass is 386 g/mol. The number of esters is 1. The molecule has 8 heteroatoms. The number of sulfonamides is 1. The topological polar surface area (TPSA) is 98.5 Å². The maximum absolute atomic E-state index is 12.1. The summed E-state index contributed by atoms with van der Waals surface area (Å²) in [7, 11) is -3.56. The fourth-order valence-electron chi connectivity index (χ4n) is 2.39. The molecule has 2 aromatic carbocycles. The van der Waals surface area contributed by atoms with E-state index in [0.29, 0.717) is 11.5 Å². The summed E-state index contributed by atoms with van der Waals surface area (Å²) in [5, 5.41) is 3.95. The number of aromatic nitrogens is 1. The number of rotatable bonds is 7. The Morgan fingerprint density at radius 3 is 2.48 bits per heavy atom. The van der Waals surface area contributed by atoms with E-state index in [4.69, 9.17) is 9.26 Å². The molecule has 1 aromatic heterocycles. The quantitative estimate of drug-likeness (QED) is 0.627. The average molecular weight is 386 g/mol. The van der Waals surface area contributed by atoms with Crippen LogP contribution < -0.4 is 4.72 Å².